The molecule has 4 nitrogen and oxygen atoms in total. The number of rotatable bonds is 3. The number of aryl methyl sites for hydroxylation is 2. The molecule has 2 aromatic carbocycles. The van der Waals surface area contributed by atoms with E-state index in [0.29, 0.717) is 16.4 Å². The van der Waals surface area contributed by atoms with Gasteiger partial charge in [-0.3, -0.25) is 0 Å². The summed E-state index contributed by atoms with van der Waals surface area (Å²) in [5.74, 6) is 1.49. The van der Waals surface area contributed by atoms with E-state index in [1.807, 2.05) is 19.1 Å². The molecule has 3 aromatic rings. The molecule has 134 valence electrons. The van der Waals surface area contributed by atoms with Gasteiger partial charge >= 0.3 is 0 Å². The molecule has 1 atom stereocenters. The molecule has 0 spiro atoms. The minimum absolute atomic E-state index is 0.247. The van der Waals surface area contributed by atoms with Gasteiger partial charge in [0.15, 0.2) is 0 Å². The molecule has 4 rings (SSSR count). The Morgan fingerprint density at radius 1 is 1.15 bits per heavy atom. The highest BCUT2D eigenvalue weighted by atomic mass is 35.5. The van der Waals surface area contributed by atoms with Gasteiger partial charge in [0.05, 0.1) is 22.3 Å². The zero-order chi connectivity index (χ0) is 18.8. The van der Waals surface area contributed by atoms with Crippen molar-refractivity contribution in [2.24, 2.45) is 0 Å². The Hall–Kier alpha value is -2.90. The SMILES string of the molecule is Cc1nc(N[C@@H]2CCCc3ccccc32)cc(-c2ccc(Cl)c(C#N)c2)n1. The topological polar surface area (TPSA) is 61.6 Å². The standard InChI is InChI=1S/C22H19ClN4/c1-14-25-21(16-9-10-19(23)17(11-16)13-24)12-22(26-14)27-20-8-4-6-15-5-2-3-7-18(15)20/h2-3,5,7,9-12,20H,4,6,8H2,1H3,(H,25,26,27)/t20-/m1/s1. The van der Waals surface area contributed by atoms with Gasteiger partial charge in [0.2, 0.25) is 0 Å². The van der Waals surface area contributed by atoms with Crippen molar-refractivity contribution in [3.05, 3.63) is 76.1 Å². The van der Waals surface area contributed by atoms with Gasteiger partial charge in [-0.15, -0.1) is 0 Å². The van der Waals surface area contributed by atoms with E-state index in [0.717, 1.165) is 36.3 Å². The second-order valence-corrected chi connectivity index (χ2v) is 7.19. The fourth-order valence-corrected chi connectivity index (χ4v) is 3.80. The van der Waals surface area contributed by atoms with Crippen molar-refractivity contribution in [2.75, 3.05) is 5.32 Å². The Balaban J connectivity index is 1.67. The molecule has 1 N–H and O–H groups in total. The molecule has 5 heteroatoms. The van der Waals surface area contributed by atoms with Crippen LogP contribution < -0.4 is 5.32 Å². The van der Waals surface area contributed by atoms with E-state index in [2.05, 4.69) is 45.6 Å². The lowest BCUT2D eigenvalue weighted by atomic mass is 9.88. The molecule has 0 saturated heterocycles. The Bertz CT molecular complexity index is 1040. The molecular weight excluding hydrogens is 356 g/mol. The summed E-state index contributed by atoms with van der Waals surface area (Å²) in [6.45, 7) is 1.88. The molecule has 1 aromatic heterocycles. The van der Waals surface area contributed by atoms with Crippen LogP contribution >= 0.6 is 11.6 Å². The second kappa shape index (κ2) is 7.38. The molecule has 27 heavy (non-hydrogen) atoms. The maximum atomic E-state index is 9.23. The minimum atomic E-state index is 0.247. The van der Waals surface area contributed by atoms with Crippen LogP contribution in [0, 0.1) is 18.3 Å². The predicted octanol–water partition coefficient (Wildman–Crippen LogP) is 5.47. The van der Waals surface area contributed by atoms with E-state index >= 15 is 0 Å². The highest BCUT2D eigenvalue weighted by Crippen LogP contribution is 2.33. The van der Waals surface area contributed by atoms with Gasteiger partial charge in [0.1, 0.15) is 17.7 Å². The smallest absolute Gasteiger partial charge is 0.130 e. The van der Waals surface area contributed by atoms with Gasteiger partial charge in [0, 0.05) is 11.6 Å². The van der Waals surface area contributed by atoms with Crippen molar-refractivity contribution in [2.45, 2.75) is 32.2 Å². The fourth-order valence-electron chi connectivity index (χ4n) is 3.64. The summed E-state index contributed by atoms with van der Waals surface area (Å²) in [6.07, 6.45) is 3.37. The van der Waals surface area contributed by atoms with Crippen LogP contribution in [0.15, 0.2) is 48.5 Å². The van der Waals surface area contributed by atoms with Crippen molar-refractivity contribution in [1.29, 1.82) is 5.26 Å². The Morgan fingerprint density at radius 2 is 2.00 bits per heavy atom. The molecule has 0 radical (unpaired) electrons. The largest absolute Gasteiger partial charge is 0.363 e. The summed E-state index contributed by atoms with van der Waals surface area (Å²) in [4.78, 5) is 9.12. The number of aromatic nitrogens is 2. The van der Waals surface area contributed by atoms with E-state index in [1.54, 1.807) is 12.1 Å². The second-order valence-electron chi connectivity index (χ2n) is 6.78. The summed E-state index contributed by atoms with van der Waals surface area (Å²) in [5.41, 5.74) is 4.83. The molecule has 1 aliphatic carbocycles. The average Bonchev–Trinajstić information content (AvgIpc) is 2.68. The monoisotopic (exact) mass is 374 g/mol. The number of nitrogens with one attached hydrogen (secondary N) is 1. The lowest BCUT2D eigenvalue weighted by Crippen LogP contribution is -2.18. The van der Waals surface area contributed by atoms with Gasteiger partial charge in [-0.25, -0.2) is 9.97 Å². The van der Waals surface area contributed by atoms with Gasteiger partial charge in [-0.2, -0.15) is 5.26 Å². The van der Waals surface area contributed by atoms with Crippen molar-refractivity contribution >= 4 is 17.4 Å². The van der Waals surface area contributed by atoms with Crippen LogP contribution in [0.2, 0.25) is 5.02 Å². The number of hydrogen-bond donors (Lipinski definition) is 1. The van der Waals surface area contributed by atoms with E-state index in [-0.39, 0.29) is 6.04 Å². The first-order chi connectivity index (χ1) is 13.1. The first kappa shape index (κ1) is 17.5. The van der Waals surface area contributed by atoms with E-state index in [1.165, 1.54) is 11.1 Å². The minimum Gasteiger partial charge on any atom is -0.363 e. The van der Waals surface area contributed by atoms with E-state index < -0.39 is 0 Å². The Morgan fingerprint density at radius 3 is 2.85 bits per heavy atom. The number of benzene rings is 2. The molecule has 1 aliphatic rings. The van der Waals surface area contributed by atoms with Crippen LogP contribution in [0.25, 0.3) is 11.3 Å². The first-order valence-corrected chi connectivity index (χ1v) is 9.42. The third-order valence-electron chi connectivity index (χ3n) is 4.91. The highest BCUT2D eigenvalue weighted by molar-refractivity contribution is 6.31. The quantitative estimate of drug-likeness (QED) is 0.660. The van der Waals surface area contributed by atoms with Crippen LogP contribution in [0.5, 0.6) is 0 Å². The number of nitrogens with zero attached hydrogens (tertiary/aromatic N) is 3. The lowest BCUT2D eigenvalue weighted by Gasteiger charge is -2.27. The molecule has 0 fully saturated rings. The summed E-state index contributed by atoms with van der Waals surface area (Å²) >= 11 is 6.06. The summed E-state index contributed by atoms with van der Waals surface area (Å²) in [5, 5.41) is 13.3. The van der Waals surface area contributed by atoms with Gasteiger partial charge in [0.25, 0.3) is 0 Å². The number of halogens is 1. The number of fused-ring (bicyclic) bond motifs is 1. The third-order valence-corrected chi connectivity index (χ3v) is 5.24. The van der Waals surface area contributed by atoms with Crippen LogP contribution in [-0.2, 0) is 6.42 Å². The maximum absolute atomic E-state index is 9.23. The number of hydrogen-bond acceptors (Lipinski definition) is 4. The summed E-state index contributed by atoms with van der Waals surface area (Å²) in [7, 11) is 0. The molecule has 1 heterocycles. The van der Waals surface area contributed by atoms with Crippen molar-refractivity contribution in [3.63, 3.8) is 0 Å². The first-order valence-electron chi connectivity index (χ1n) is 9.04. The summed E-state index contributed by atoms with van der Waals surface area (Å²) < 4.78 is 0. The normalized spacial score (nSPS) is 15.7. The fraction of sp³-hybridized carbons (Fsp3) is 0.227. The van der Waals surface area contributed by atoms with Gasteiger partial charge in [-0.05, 0) is 49.4 Å². The summed E-state index contributed by atoms with van der Waals surface area (Å²) in [6, 6.07) is 18.3. The van der Waals surface area contributed by atoms with Crippen LogP contribution in [-0.4, -0.2) is 9.97 Å². The Labute approximate surface area is 163 Å². The highest BCUT2D eigenvalue weighted by Gasteiger charge is 2.20. The number of nitriles is 1. The number of anilines is 1. The average molecular weight is 375 g/mol. The third kappa shape index (κ3) is 3.65. The van der Waals surface area contributed by atoms with Gasteiger partial charge < -0.3 is 5.32 Å². The molecule has 0 aliphatic heterocycles. The van der Waals surface area contributed by atoms with Crippen LogP contribution in [0.4, 0.5) is 5.82 Å². The van der Waals surface area contributed by atoms with Crippen molar-refractivity contribution < 1.29 is 0 Å². The van der Waals surface area contributed by atoms with E-state index in [9.17, 15) is 5.26 Å². The maximum Gasteiger partial charge on any atom is 0.130 e. The van der Waals surface area contributed by atoms with E-state index in [4.69, 9.17) is 11.6 Å². The van der Waals surface area contributed by atoms with Crippen molar-refractivity contribution in [1.82, 2.24) is 9.97 Å². The van der Waals surface area contributed by atoms with Crippen LogP contribution in [0.3, 0.4) is 0 Å². The Kier molecular flexibility index (Phi) is 4.79. The zero-order valence-electron chi connectivity index (χ0n) is 15.0. The molecule has 0 amide bonds. The predicted molar refractivity (Wildman–Crippen MR) is 108 cm³/mol. The molecule has 0 unspecified atom stereocenters. The lowest BCUT2D eigenvalue weighted by molar-refractivity contribution is 0.598. The molecule has 0 bridgehead atoms. The van der Waals surface area contributed by atoms with Crippen LogP contribution in [0.1, 0.15) is 41.4 Å². The molecule has 0 saturated carbocycles. The zero-order valence-corrected chi connectivity index (χ0v) is 15.8. The van der Waals surface area contributed by atoms with Crippen molar-refractivity contribution in [3.8, 4) is 17.3 Å². The molecular formula is C22H19ClN4. The van der Waals surface area contributed by atoms with Gasteiger partial charge in [-0.1, -0.05) is 41.9 Å².